The van der Waals surface area contributed by atoms with Crippen molar-refractivity contribution in [3.63, 3.8) is 0 Å². The molecule has 0 saturated carbocycles. The molecule has 0 aromatic heterocycles. The average molecular weight is 223 g/mol. The van der Waals surface area contributed by atoms with Crippen molar-refractivity contribution < 1.29 is 17.1 Å². The fraction of sp³-hybridized carbons (Fsp3) is 0. The van der Waals surface area contributed by atoms with Gasteiger partial charge < -0.3 is 0 Å². The number of rotatable bonds is 0. The minimum atomic E-state index is 0. The Kier molecular flexibility index (Phi) is 545. The molecule has 0 heterocycles. The monoisotopic (exact) mass is 222 g/mol. The Hall–Kier alpha value is 2.74. The second-order valence-electron chi connectivity index (χ2n) is 0. The third-order valence-corrected chi connectivity index (χ3v) is 0. The van der Waals surface area contributed by atoms with E-state index in [-0.39, 0.29) is 97.3 Å². The summed E-state index contributed by atoms with van der Waals surface area (Å²) in [4.78, 5) is 0. The van der Waals surface area contributed by atoms with E-state index in [4.69, 9.17) is 0 Å². The molecule has 0 aliphatic rings. The van der Waals surface area contributed by atoms with Crippen LogP contribution in [-0.2, 0) is 17.1 Å². The Morgan fingerprint density at radius 1 is 0.667 bits per heavy atom. The predicted molar refractivity (Wildman–Crippen MR) is 39.3 cm³/mol. The van der Waals surface area contributed by atoms with Crippen molar-refractivity contribution in [1.82, 2.24) is 0 Å². The summed E-state index contributed by atoms with van der Waals surface area (Å²) in [7, 11) is 0. The van der Waals surface area contributed by atoms with Crippen LogP contribution in [0, 0.1) is 0 Å². The average Bonchev–Trinajstić information content (AvgIpc) is 0. The molecule has 0 fully saturated rings. The van der Waals surface area contributed by atoms with Gasteiger partial charge in [0, 0.05) is 17.1 Å². The van der Waals surface area contributed by atoms with E-state index < -0.39 is 0 Å². The molecule has 0 aliphatic carbocycles. The fourth-order valence-corrected chi connectivity index (χ4v) is 0. The van der Waals surface area contributed by atoms with Gasteiger partial charge in [-0.3, -0.25) is 0 Å². The molecular formula is H6Cl3FeNaS. The second-order valence-corrected chi connectivity index (χ2v) is 0. The Morgan fingerprint density at radius 3 is 0.667 bits per heavy atom. The molecule has 0 atom stereocenters. The molecule has 0 nitrogen and oxygen atoms in total. The molecule has 6 heteroatoms. The summed E-state index contributed by atoms with van der Waals surface area (Å²) in [5, 5.41) is 0. The number of hydrogen-bond donors (Lipinski definition) is 0. The van der Waals surface area contributed by atoms with Crippen molar-refractivity contribution in [2.45, 2.75) is 0 Å². The number of hydrogen-bond acceptors (Lipinski definition) is 0. The molecule has 0 rings (SSSR count). The quantitative estimate of drug-likeness (QED) is 0.531. The van der Waals surface area contributed by atoms with Gasteiger partial charge in [0.15, 0.2) is 0 Å². The van der Waals surface area contributed by atoms with Crippen LogP contribution in [0.4, 0.5) is 0 Å². The van der Waals surface area contributed by atoms with Crippen LogP contribution in [0.2, 0.25) is 0 Å². The summed E-state index contributed by atoms with van der Waals surface area (Å²) in [5.74, 6) is 0. The predicted octanol–water partition coefficient (Wildman–Crippen LogP) is 0.727. The van der Waals surface area contributed by atoms with Gasteiger partial charge in [-0.05, 0) is 0 Å². The van der Waals surface area contributed by atoms with Crippen LogP contribution in [0.1, 0.15) is 0 Å². The first-order valence-corrected chi connectivity index (χ1v) is 0. The van der Waals surface area contributed by atoms with E-state index in [1.807, 2.05) is 0 Å². The van der Waals surface area contributed by atoms with Crippen molar-refractivity contribution in [2.75, 3.05) is 0 Å². The molecule has 0 unspecified atom stereocenters. The van der Waals surface area contributed by atoms with Crippen LogP contribution in [0.3, 0.4) is 0 Å². The van der Waals surface area contributed by atoms with Crippen molar-refractivity contribution in [1.29, 1.82) is 0 Å². The third kappa shape index (κ3) is 29.6. The van der Waals surface area contributed by atoms with E-state index >= 15 is 0 Å². The normalized spacial score (nSPS) is 0. The molecule has 0 aliphatic heterocycles. The zero-order valence-corrected chi connectivity index (χ0v) is 6.63. The second kappa shape index (κ2) is 46.8. The Bertz CT molecular complexity index is 10.8. The van der Waals surface area contributed by atoms with Crippen LogP contribution < -0.4 is 0 Å². The molecule has 6 heavy (non-hydrogen) atoms. The summed E-state index contributed by atoms with van der Waals surface area (Å²) in [6.45, 7) is 0. The zero-order chi connectivity index (χ0) is 0. The molecular weight excluding hydrogens is 217 g/mol. The fourth-order valence-electron chi connectivity index (χ4n) is 0. The van der Waals surface area contributed by atoms with Gasteiger partial charge in [-0.2, -0.15) is 13.5 Å². The first kappa shape index (κ1) is 69.8. The molecule has 42 valence electrons. The topological polar surface area (TPSA) is 0 Å². The standard InChI is InChI=1S/3ClH.Fe.Na.H2S.H/h3*1H;;;1H2;. The van der Waals surface area contributed by atoms with E-state index in [0.717, 1.165) is 0 Å². The first-order valence-electron chi connectivity index (χ1n) is 0. The van der Waals surface area contributed by atoms with Gasteiger partial charge in [0.1, 0.15) is 0 Å². The Labute approximate surface area is 96.0 Å². The van der Waals surface area contributed by atoms with Gasteiger partial charge >= 0.3 is 29.6 Å². The number of halogens is 3. The molecule has 0 aromatic rings. The summed E-state index contributed by atoms with van der Waals surface area (Å²) >= 11 is 0. The van der Waals surface area contributed by atoms with E-state index in [1.54, 1.807) is 0 Å². The summed E-state index contributed by atoms with van der Waals surface area (Å²) in [6, 6.07) is 0. The SMILES string of the molecule is Cl.Cl.Cl.S.[Fe].[NaH]. The summed E-state index contributed by atoms with van der Waals surface area (Å²) in [5.41, 5.74) is 0. The van der Waals surface area contributed by atoms with Crippen molar-refractivity contribution >= 4 is 80.3 Å². The van der Waals surface area contributed by atoms with Crippen LogP contribution in [-0.4, -0.2) is 29.6 Å². The van der Waals surface area contributed by atoms with Crippen molar-refractivity contribution in [3.05, 3.63) is 0 Å². The van der Waals surface area contributed by atoms with Crippen LogP contribution in [0.25, 0.3) is 0 Å². The van der Waals surface area contributed by atoms with Gasteiger partial charge in [-0.1, -0.05) is 0 Å². The van der Waals surface area contributed by atoms with Crippen LogP contribution >= 0.6 is 50.7 Å². The summed E-state index contributed by atoms with van der Waals surface area (Å²) < 4.78 is 0. The van der Waals surface area contributed by atoms with Gasteiger partial charge in [0.2, 0.25) is 0 Å². The van der Waals surface area contributed by atoms with E-state index in [0.29, 0.717) is 0 Å². The van der Waals surface area contributed by atoms with E-state index in [2.05, 4.69) is 0 Å². The third-order valence-electron chi connectivity index (χ3n) is 0. The molecule has 0 aromatic carbocycles. The van der Waals surface area contributed by atoms with Crippen LogP contribution in [0.15, 0.2) is 0 Å². The summed E-state index contributed by atoms with van der Waals surface area (Å²) in [6.07, 6.45) is 0. The zero-order valence-electron chi connectivity index (χ0n) is 2.08. The van der Waals surface area contributed by atoms with E-state index in [9.17, 15) is 0 Å². The van der Waals surface area contributed by atoms with Gasteiger partial charge in [-0.15, -0.1) is 37.2 Å². The molecule has 0 saturated heterocycles. The minimum absolute atomic E-state index is 0. The molecule has 0 bridgehead atoms. The first-order chi connectivity index (χ1) is 0. The molecule has 0 amide bonds. The van der Waals surface area contributed by atoms with Crippen molar-refractivity contribution in [3.8, 4) is 0 Å². The van der Waals surface area contributed by atoms with Gasteiger partial charge in [-0.25, -0.2) is 0 Å². The molecule has 0 radical (unpaired) electrons. The maximum atomic E-state index is 0. The van der Waals surface area contributed by atoms with Gasteiger partial charge in [0.05, 0.1) is 0 Å². The Morgan fingerprint density at radius 2 is 0.667 bits per heavy atom. The van der Waals surface area contributed by atoms with Gasteiger partial charge in [0.25, 0.3) is 0 Å². The maximum absolute atomic E-state index is 0. The Balaban J connectivity index is 0. The molecule has 0 N–H and O–H groups in total. The van der Waals surface area contributed by atoms with Crippen molar-refractivity contribution in [2.24, 2.45) is 0 Å². The van der Waals surface area contributed by atoms with Crippen LogP contribution in [0.5, 0.6) is 0 Å². The molecule has 0 spiro atoms. The van der Waals surface area contributed by atoms with E-state index in [1.165, 1.54) is 0 Å².